The molecule has 1 saturated carbocycles. The van der Waals surface area contributed by atoms with E-state index >= 15 is 0 Å². The molecule has 146 valence electrons. The molecule has 2 aromatic carbocycles. The maximum absolute atomic E-state index is 12.8. The molecule has 1 amide bonds. The highest BCUT2D eigenvalue weighted by Gasteiger charge is 2.41. The van der Waals surface area contributed by atoms with Crippen LogP contribution in [-0.2, 0) is 21.4 Å². The van der Waals surface area contributed by atoms with Crippen molar-refractivity contribution in [3.63, 3.8) is 0 Å². The maximum atomic E-state index is 12.8. The van der Waals surface area contributed by atoms with Crippen molar-refractivity contribution in [3.8, 4) is 6.07 Å². The third kappa shape index (κ3) is 4.08. The second-order valence-corrected chi connectivity index (χ2v) is 9.17. The molecule has 0 bridgehead atoms. The minimum Gasteiger partial charge on any atom is -0.325 e. The van der Waals surface area contributed by atoms with Gasteiger partial charge in [0.05, 0.1) is 11.0 Å². The molecule has 0 radical (unpaired) electrons. The molecule has 7 heteroatoms. The summed E-state index contributed by atoms with van der Waals surface area (Å²) < 4.78 is 26.8. The Morgan fingerprint density at radius 1 is 1.11 bits per heavy atom. The molecule has 3 rings (SSSR count). The zero-order chi connectivity index (χ0) is 20.2. The lowest BCUT2D eigenvalue weighted by Gasteiger charge is -2.20. The number of nitrogens with zero attached hydrogens (tertiary/aromatic N) is 2. The Balaban J connectivity index is 1.71. The van der Waals surface area contributed by atoms with E-state index in [4.69, 9.17) is 0 Å². The van der Waals surface area contributed by atoms with Crippen molar-refractivity contribution in [1.29, 1.82) is 5.26 Å². The summed E-state index contributed by atoms with van der Waals surface area (Å²) >= 11 is 0. The highest BCUT2D eigenvalue weighted by atomic mass is 32.2. The van der Waals surface area contributed by atoms with Gasteiger partial charge in [-0.15, -0.1) is 0 Å². The van der Waals surface area contributed by atoms with Gasteiger partial charge in [0.1, 0.15) is 5.41 Å². The van der Waals surface area contributed by atoms with Crippen LogP contribution in [0.2, 0.25) is 0 Å². The molecule has 0 aliphatic heterocycles. The average molecular weight is 398 g/mol. The summed E-state index contributed by atoms with van der Waals surface area (Å²) in [5.74, 6) is -0.315. The van der Waals surface area contributed by atoms with Crippen LogP contribution >= 0.6 is 0 Å². The van der Waals surface area contributed by atoms with E-state index in [1.807, 2.05) is 30.3 Å². The molecule has 1 fully saturated rings. The van der Waals surface area contributed by atoms with E-state index in [-0.39, 0.29) is 17.3 Å². The van der Waals surface area contributed by atoms with Crippen molar-refractivity contribution < 1.29 is 13.2 Å². The fourth-order valence-electron chi connectivity index (χ4n) is 3.43. The Labute approximate surface area is 165 Å². The van der Waals surface area contributed by atoms with Crippen molar-refractivity contribution in [2.24, 2.45) is 5.41 Å². The highest BCUT2D eigenvalue weighted by Crippen LogP contribution is 2.38. The topological polar surface area (TPSA) is 90.3 Å². The zero-order valence-electron chi connectivity index (χ0n) is 15.8. The van der Waals surface area contributed by atoms with Crippen LogP contribution in [0.25, 0.3) is 0 Å². The van der Waals surface area contributed by atoms with Gasteiger partial charge in [0.15, 0.2) is 0 Å². The van der Waals surface area contributed by atoms with Gasteiger partial charge >= 0.3 is 0 Å². The number of rotatable bonds is 6. The third-order valence-electron chi connectivity index (χ3n) is 5.17. The molecule has 0 atom stereocenters. The largest absolute Gasteiger partial charge is 0.325 e. The quantitative estimate of drug-likeness (QED) is 0.807. The van der Waals surface area contributed by atoms with Crippen LogP contribution < -0.4 is 5.32 Å². The molecule has 0 heterocycles. The average Bonchev–Trinajstić information content (AvgIpc) is 3.19. The number of sulfonamides is 1. The summed E-state index contributed by atoms with van der Waals surface area (Å²) in [4.78, 5) is 12.7. The van der Waals surface area contributed by atoms with E-state index in [0.717, 1.165) is 18.4 Å². The molecule has 0 spiro atoms. The van der Waals surface area contributed by atoms with Crippen LogP contribution in [0.5, 0.6) is 0 Å². The molecule has 0 aromatic heterocycles. The number of amides is 1. The Kier molecular flexibility index (Phi) is 5.82. The number of nitrogens with one attached hydrogen (secondary N) is 1. The molecular weight excluding hydrogens is 374 g/mol. The Morgan fingerprint density at radius 3 is 2.29 bits per heavy atom. The number of hydrogen-bond acceptors (Lipinski definition) is 4. The van der Waals surface area contributed by atoms with Crippen molar-refractivity contribution in [3.05, 3.63) is 60.2 Å². The monoisotopic (exact) mass is 397 g/mol. The van der Waals surface area contributed by atoms with Gasteiger partial charge in [-0.25, -0.2) is 8.42 Å². The second kappa shape index (κ2) is 8.13. The van der Waals surface area contributed by atoms with E-state index in [2.05, 4.69) is 11.4 Å². The van der Waals surface area contributed by atoms with E-state index in [9.17, 15) is 18.5 Å². The molecule has 1 aliphatic rings. The van der Waals surface area contributed by atoms with Gasteiger partial charge in [0.25, 0.3) is 0 Å². The summed E-state index contributed by atoms with van der Waals surface area (Å²) in [6.07, 6.45) is 2.86. The van der Waals surface area contributed by atoms with Crippen molar-refractivity contribution in [2.45, 2.75) is 37.1 Å². The molecular formula is C21H23N3O3S. The number of carbonyl (C=O) groups is 1. The zero-order valence-corrected chi connectivity index (χ0v) is 16.6. The van der Waals surface area contributed by atoms with Crippen LogP contribution in [0, 0.1) is 16.7 Å². The lowest BCUT2D eigenvalue weighted by atomic mass is 9.87. The first-order valence-electron chi connectivity index (χ1n) is 9.20. The first-order chi connectivity index (χ1) is 13.4. The summed E-state index contributed by atoms with van der Waals surface area (Å²) in [6.45, 7) is 0.270. The first kappa shape index (κ1) is 20.1. The number of hydrogen-bond donors (Lipinski definition) is 1. The van der Waals surface area contributed by atoms with Gasteiger partial charge in [-0.1, -0.05) is 43.2 Å². The van der Waals surface area contributed by atoms with Gasteiger partial charge in [-0.3, -0.25) is 4.79 Å². The molecule has 2 aromatic rings. The van der Waals surface area contributed by atoms with Gasteiger partial charge in [0, 0.05) is 19.3 Å². The molecule has 1 aliphatic carbocycles. The van der Waals surface area contributed by atoms with Crippen molar-refractivity contribution in [2.75, 3.05) is 12.4 Å². The smallest absolute Gasteiger partial charge is 0.244 e. The van der Waals surface area contributed by atoms with Gasteiger partial charge < -0.3 is 5.32 Å². The summed E-state index contributed by atoms with van der Waals surface area (Å²) in [5, 5.41) is 12.2. The maximum Gasteiger partial charge on any atom is 0.244 e. The minimum absolute atomic E-state index is 0.153. The van der Waals surface area contributed by atoms with E-state index in [0.29, 0.717) is 18.5 Å². The van der Waals surface area contributed by atoms with Crippen LogP contribution in [0.4, 0.5) is 5.69 Å². The number of benzene rings is 2. The fourth-order valence-corrected chi connectivity index (χ4v) is 4.59. The number of carbonyl (C=O) groups excluding carboxylic acids is 1. The second-order valence-electron chi connectivity index (χ2n) is 7.13. The Hall–Kier alpha value is -2.69. The van der Waals surface area contributed by atoms with E-state index < -0.39 is 15.4 Å². The third-order valence-corrected chi connectivity index (χ3v) is 6.99. The van der Waals surface area contributed by atoms with Crippen LogP contribution in [0.15, 0.2) is 59.5 Å². The minimum atomic E-state index is -3.65. The van der Waals surface area contributed by atoms with Crippen molar-refractivity contribution in [1.82, 2.24) is 4.31 Å². The molecule has 1 N–H and O–H groups in total. The predicted octanol–water partition coefficient (Wildman–Crippen LogP) is 3.53. The first-order valence-corrected chi connectivity index (χ1v) is 10.6. The lowest BCUT2D eigenvalue weighted by Crippen LogP contribution is -2.32. The number of anilines is 1. The SMILES string of the molecule is CN(Cc1ccccc1)S(=O)(=O)c1ccc(NC(=O)C2(C#N)CCCC2)cc1. The van der Waals surface area contributed by atoms with E-state index in [1.165, 1.54) is 23.5 Å². The molecule has 0 saturated heterocycles. The molecule has 0 unspecified atom stereocenters. The summed E-state index contributed by atoms with van der Waals surface area (Å²) in [7, 11) is -2.11. The van der Waals surface area contributed by atoms with Gasteiger partial charge in [-0.05, 0) is 42.7 Å². The Bertz CT molecular complexity index is 974. The predicted molar refractivity (Wildman–Crippen MR) is 107 cm³/mol. The Morgan fingerprint density at radius 2 is 1.71 bits per heavy atom. The number of nitriles is 1. The van der Waals surface area contributed by atoms with E-state index in [1.54, 1.807) is 12.1 Å². The van der Waals surface area contributed by atoms with Gasteiger partial charge in [0.2, 0.25) is 15.9 Å². The normalized spacial score (nSPS) is 15.9. The molecule has 28 heavy (non-hydrogen) atoms. The van der Waals surface area contributed by atoms with Crippen molar-refractivity contribution >= 4 is 21.6 Å². The lowest BCUT2D eigenvalue weighted by molar-refractivity contribution is -0.122. The summed E-state index contributed by atoms with van der Waals surface area (Å²) in [6, 6.07) is 17.6. The standard InChI is InChI=1S/C21H23N3O3S/c1-24(15-17-7-3-2-4-8-17)28(26,27)19-11-9-18(10-12-19)23-20(25)21(16-22)13-5-6-14-21/h2-4,7-12H,5-6,13-15H2,1H3,(H,23,25). The van der Waals surface area contributed by atoms with Gasteiger partial charge in [-0.2, -0.15) is 9.57 Å². The molecule has 6 nitrogen and oxygen atoms in total. The van der Waals surface area contributed by atoms with Crippen LogP contribution in [-0.4, -0.2) is 25.7 Å². The van der Waals surface area contributed by atoms with Crippen LogP contribution in [0.3, 0.4) is 0 Å². The van der Waals surface area contributed by atoms with Crippen LogP contribution in [0.1, 0.15) is 31.2 Å². The highest BCUT2D eigenvalue weighted by molar-refractivity contribution is 7.89. The summed E-state index contributed by atoms with van der Waals surface area (Å²) in [5.41, 5.74) is 0.410. The fraction of sp³-hybridized carbons (Fsp3) is 0.333.